The number of nitrogens with zero attached hydrogens (tertiary/aromatic N) is 3. The van der Waals surface area contributed by atoms with Crippen molar-refractivity contribution in [1.29, 1.82) is 5.26 Å². The summed E-state index contributed by atoms with van der Waals surface area (Å²) in [6.45, 7) is 0. The smallest absolute Gasteiger partial charge is 0.143 e. The maximum Gasteiger partial charge on any atom is 0.143 e. The normalized spacial score (nSPS) is 13.6. The fraction of sp³-hybridized carbons (Fsp3) is 0.267. The second kappa shape index (κ2) is 5.37. The molecule has 2 N–H and O–H groups in total. The van der Waals surface area contributed by atoms with Gasteiger partial charge in [-0.15, -0.1) is 0 Å². The molecule has 6 heteroatoms. The molecule has 1 aliphatic rings. The van der Waals surface area contributed by atoms with Crippen molar-refractivity contribution in [2.75, 3.05) is 17.7 Å². The predicted molar refractivity (Wildman–Crippen MR) is 78.0 cm³/mol. The Kier molecular flexibility index (Phi) is 3.40. The van der Waals surface area contributed by atoms with Crippen LogP contribution in [0.5, 0.6) is 0 Å². The third-order valence-electron chi connectivity index (χ3n) is 3.33. The summed E-state index contributed by atoms with van der Waals surface area (Å²) in [6.07, 6.45) is 2.19. The lowest BCUT2D eigenvalue weighted by atomic mass is 10.2. The molecule has 2 aromatic rings. The zero-order chi connectivity index (χ0) is 14.8. The summed E-state index contributed by atoms with van der Waals surface area (Å²) in [5.41, 5.74) is 0.384. The Balaban J connectivity index is 1.96. The van der Waals surface area contributed by atoms with Gasteiger partial charge in [0.25, 0.3) is 0 Å². The van der Waals surface area contributed by atoms with Gasteiger partial charge in [0.1, 0.15) is 34.9 Å². The van der Waals surface area contributed by atoms with Gasteiger partial charge < -0.3 is 10.6 Å². The minimum atomic E-state index is -0.548. The van der Waals surface area contributed by atoms with Crippen LogP contribution in [-0.4, -0.2) is 17.0 Å². The first-order valence-electron chi connectivity index (χ1n) is 6.73. The van der Waals surface area contributed by atoms with Gasteiger partial charge in [-0.1, -0.05) is 6.07 Å². The number of halogens is 1. The first kappa shape index (κ1) is 13.3. The molecule has 0 atom stereocenters. The summed E-state index contributed by atoms with van der Waals surface area (Å²) in [5.74, 6) is 1.89. The van der Waals surface area contributed by atoms with Gasteiger partial charge in [0.05, 0.1) is 5.69 Å². The monoisotopic (exact) mass is 283 g/mol. The highest BCUT2D eigenvalue weighted by molar-refractivity contribution is 5.66. The first-order valence-corrected chi connectivity index (χ1v) is 6.73. The lowest BCUT2D eigenvalue weighted by molar-refractivity contribution is 0.624. The van der Waals surface area contributed by atoms with E-state index < -0.39 is 5.82 Å². The lowest BCUT2D eigenvalue weighted by Crippen LogP contribution is -2.04. The number of benzene rings is 1. The van der Waals surface area contributed by atoms with Crippen LogP contribution in [-0.2, 0) is 0 Å². The van der Waals surface area contributed by atoms with Crippen LogP contribution in [0.25, 0.3) is 0 Å². The maximum absolute atomic E-state index is 13.6. The summed E-state index contributed by atoms with van der Waals surface area (Å²) in [6, 6.07) is 8.07. The summed E-state index contributed by atoms with van der Waals surface area (Å²) in [4.78, 5) is 8.86. The topological polar surface area (TPSA) is 73.6 Å². The van der Waals surface area contributed by atoms with Crippen molar-refractivity contribution in [1.82, 2.24) is 9.97 Å². The predicted octanol–water partition coefficient (Wildman–Crippen LogP) is 3.15. The van der Waals surface area contributed by atoms with Crippen LogP contribution in [0, 0.1) is 17.1 Å². The van der Waals surface area contributed by atoms with E-state index in [1.54, 1.807) is 25.2 Å². The van der Waals surface area contributed by atoms with Crippen molar-refractivity contribution in [3.63, 3.8) is 0 Å². The molecule has 1 saturated carbocycles. The molecule has 5 nitrogen and oxygen atoms in total. The number of anilines is 3. The van der Waals surface area contributed by atoms with Crippen molar-refractivity contribution in [2.24, 2.45) is 0 Å². The van der Waals surface area contributed by atoms with Crippen LogP contribution in [0.1, 0.15) is 30.1 Å². The highest BCUT2D eigenvalue weighted by Crippen LogP contribution is 2.39. The zero-order valence-electron chi connectivity index (χ0n) is 11.5. The standard InChI is InChI=1S/C15H14FN5/c1-18-13-7-14(21-15(20-13)9-5-6-9)19-12-4-2-3-11(16)10(12)8-17/h2-4,7,9H,5-6H2,1H3,(H2,18,19,20,21). The third kappa shape index (κ3) is 2.77. The van der Waals surface area contributed by atoms with E-state index in [4.69, 9.17) is 5.26 Å². The summed E-state index contributed by atoms with van der Waals surface area (Å²) in [7, 11) is 1.78. The Bertz CT molecular complexity index is 718. The van der Waals surface area contributed by atoms with Gasteiger partial charge in [0, 0.05) is 19.0 Å². The summed E-state index contributed by atoms with van der Waals surface area (Å²) >= 11 is 0. The highest BCUT2D eigenvalue weighted by atomic mass is 19.1. The molecule has 3 rings (SSSR count). The number of hydrogen-bond donors (Lipinski definition) is 2. The summed E-state index contributed by atoms with van der Waals surface area (Å²) < 4.78 is 13.6. The molecule has 0 aliphatic heterocycles. The maximum atomic E-state index is 13.6. The molecule has 1 aromatic carbocycles. The first-order chi connectivity index (χ1) is 10.2. The number of nitrogens with one attached hydrogen (secondary N) is 2. The molecule has 0 radical (unpaired) electrons. The molecule has 106 valence electrons. The minimum Gasteiger partial charge on any atom is -0.373 e. The molecule has 1 aliphatic carbocycles. The van der Waals surface area contributed by atoms with E-state index in [-0.39, 0.29) is 5.56 Å². The Morgan fingerprint density at radius 3 is 2.71 bits per heavy atom. The Hall–Kier alpha value is -2.68. The Morgan fingerprint density at radius 1 is 1.29 bits per heavy atom. The van der Waals surface area contributed by atoms with Crippen LogP contribution in [0.15, 0.2) is 24.3 Å². The molecule has 0 saturated heterocycles. The number of aromatic nitrogens is 2. The van der Waals surface area contributed by atoms with E-state index in [1.807, 2.05) is 6.07 Å². The molecule has 21 heavy (non-hydrogen) atoms. The van der Waals surface area contributed by atoms with Gasteiger partial charge in [-0.3, -0.25) is 0 Å². The second-order valence-corrected chi connectivity index (χ2v) is 4.92. The van der Waals surface area contributed by atoms with Crippen molar-refractivity contribution in [3.8, 4) is 6.07 Å². The van der Waals surface area contributed by atoms with E-state index in [9.17, 15) is 4.39 Å². The van der Waals surface area contributed by atoms with Gasteiger partial charge in [0.2, 0.25) is 0 Å². The van der Waals surface area contributed by atoms with E-state index in [2.05, 4.69) is 20.6 Å². The summed E-state index contributed by atoms with van der Waals surface area (Å²) in [5, 5.41) is 15.1. The molecule has 1 heterocycles. The molecule has 0 unspecified atom stereocenters. The van der Waals surface area contributed by atoms with Gasteiger partial charge >= 0.3 is 0 Å². The lowest BCUT2D eigenvalue weighted by Gasteiger charge is -2.11. The Morgan fingerprint density at radius 2 is 2.05 bits per heavy atom. The highest BCUT2D eigenvalue weighted by Gasteiger charge is 2.27. The van der Waals surface area contributed by atoms with E-state index >= 15 is 0 Å². The van der Waals surface area contributed by atoms with Crippen LogP contribution in [0.2, 0.25) is 0 Å². The number of hydrogen-bond acceptors (Lipinski definition) is 5. The molecule has 0 bridgehead atoms. The fourth-order valence-electron chi connectivity index (χ4n) is 2.06. The van der Waals surface area contributed by atoms with Gasteiger partial charge in [-0.25, -0.2) is 14.4 Å². The van der Waals surface area contributed by atoms with Gasteiger partial charge in [-0.05, 0) is 25.0 Å². The van der Waals surface area contributed by atoms with Crippen LogP contribution in [0.3, 0.4) is 0 Å². The van der Waals surface area contributed by atoms with Crippen LogP contribution < -0.4 is 10.6 Å². The van der Waals surface area contributed by atoms with E-state index in [0.717, 1.165) is 18.7 Å². The van der Waals surface area contributed by atoms with Gasteiger partial charge in [0.15, 0.2) is 0 Å². The second-order valence-electron chi connectivity index (χ2n) is 4.92. The molecule has 0 spiro atoms. The largest absolute Gasteiger partial charge is 0.373 e. The van der Waals surface area contributed by atoms with Crippen LogP contribution in [0.4, 0.5) is 21.7 Å². The quantitative estimate of drug-likeness (QED) is 0.901. The molecule has 1 fully saturated rings. The molecular weight excluding hydrogens is 269 g/mol. The average molecular weight is 283 g/mol. The minimum absolute atomic E-state index is 0.0184. The third-order valence-corrected chi connectivity index (χ3v) is 3.33. The van der Waals surface area contributed by atoms with Crippen molar-refractivity contribution in [3.05, 3.63) is 41.5 Å². The van der Waals surface area contributed by atoms with E-state index in [1.165, 1.54) is 6.07 Å². The fourth-order valence-corrected chi connectivity index (χ4v) is 2.06. The molecular formula is C15H14FN5. The van der Waals surface area contributed by atoms with E-state index in [0.29, 0.717) is 23.2 Å². The van der Waals surface area contributed by atoms with Gasteiger partial charge in [-0.2, -0.15) is 5.26 Å². The molecule has 0 amide bonds. The van der Waals surface area contributed by atoms with Crippen molar-refractivity contribution < 1.29 is 4.39 Å². The average Bonchev–Trinajstić information content (AvgIpc) is 3.32. The SMILES string of the molecule is CNc1cc(Nc2cccc(F)c2C#N)nc(C2CC2)n1. The number of rotatable bonds is 4. The van der Waals surface area contributed by atoms with Crippen molar-refractivity contribution in [2.45, 2.75) is 18.8 Å². The zero-order valence-corrected chi connectivity index (χ0v) is 11.5. The Labute approximate surface area is 121 Å². The van der Waals surface area contributed by atoms with Crippen molar-refractivity contribution >= 4 is 17.3 Å². The molecule has 1 aromatic heterocycles. The number of nitriles is 1. The van der Waals surface area contributed by atoms with Crippen LogP contribution >= 0.6 is 0 Å².